The summed E-state index contributed by atoms with van der Waals surface area (Å²) in [5.74, 6) is -1.20. The van der Waals surface area contributed by atoms with Crippen molar-refractivity contribution in [2.75, 3.05) is 0 Å². The number of carbonyl (C=O) groups excluding carboxylic acids is 2. The lowest BCUT2D eigenvalue weighted by Gasteiger charge is -2.18. The predicted octanol–water partition coefficient (Wildman–Crippen LogP) is 3.59. The van der Waals surface area contributed by atoms with E-state index in [0.717, 1.165) is 4.90 Å². The van der Waals surface area contributed by atoms with Crippen LogP contribution in [-0.2, 0) is 14.3 Å². The topological polar surface area (TPSA) is 69.4 Å². The van der Waals surface area contributed by atoms with Gasteiger partial charge in [-0.1, -0.05) is 41.9 Å². The van der Waals surface area contributed by atoms with Crippen LogP contribution in [0.2, 0.25) is 5.02 Å². The molecule has 2 aromatic rings. The second-order valence-corrected chi connectivity index (χ2v) is 6.69. The Morgan fingerprint density at radius 1 is 1.09 bits per heavy atom. The van der Waals surface area contributed by atoms with Crippen LogP contribution in [0.15, 0.2) is 59.5 Å². The first-order chi connectivity index (χ1) is 11.0. The van der Waals surface area contributed by atoms with Crippen molar-refractivity contribution in [2.24, 2.45) is 5.73 Å². The van der Waals surface area contributed by atoms with E-state index < -0.39 is 23.2 Å². The van der Waals surface area contributed by atoms with Gasteiger partial charge in [-0.15, -0.1) is 11.8 Å². The maximum Gasteiger partial charge on any atom is 0.320 e. The molecule has 120 valence electrons. The smallest absolute Gasteiger partial charge is 0.320 e. The molecule has 0 saturated heterocycles. The molecule has 0 spiro atoms. The minimum Gasteiger partial charge on any atom is -0.446 e. The Morgan fingerprint density at radius 3 is 2.26 bits per heavy atom. The molecule has 0 fully saturated rings. The zero-order valence-electron chi connectivity index (χ0n) is 12.4. The Morgan fingerprint density at radius 2 is 1.70 bits per heavy atom. The van der Waals surface area contributed by atoms with Crippen molar-refractivity contribution < 1.29 is 14.3 Å². The summed E-state index contributed by atoms with van der Waals surface area (Å²) in [4.78, 5) is 24.7. The van der Waals surface area contributed by atoms with Crippen LogP contribution in [0.4, 0.5) is 0 Å². The zero-order chi connectivity index (χ0) is 16.8. The second kappa shape index (κ2) is 8.04. The Labute approximate surface area is 144 Å². The highest BCUT2D eigenvalue weighted by atomic mass is 35.5. The van der Waals surface area contributed by atoms with Crippen molar-refractivity contribution in [3.8, 4) is 0 Å². The van der Waals surface area contributed by atoms with Gasteiger partial charge in [-0.2, -0.15) is 0 Å². The molecule has 0 unspecified atom stereocenters. The first kappa shape index (κ1) is 17.4. The molecule has 0 bridgehead atoms. The maximum atomic E-state index is 12.2. The Kier molecular flexibility index (Phi) is 6.07. The number of hydrogen-bond acceptors (Lipinski definition) is 4. The van der Waals surface area contributed by atoms with Crippen molar-refractivity contribution in [1.29, 1.82) is 0 Å². The fraction of sp³-hybridized carbons (Fsp3) is 0.176. The Balaban J connectivity index is 2.03. The highest BCUT2D eigenvalue weighted by Crippen LogP contribution is 2.27. The summed E-state index contributed by atoms with van der Waals surface area (Å²) in [7, 11) is 0. The third kappa shape index (κ3) is 5.01. The van der Waals surface area contributed by atoms with Gasteiger partial charge in [0.2, 0.25) is 6.10 Å². The van der Waals surface area contributed by atoms with Gasteiger partial charge >= 0.3 is 5.97 Å². The lowest BCUT2D eigenvalue weighted by atomic mass is 10.1. The number of thioether (sulfide) groups is 1. The van der Waals surface area contributed by atoms with Crippen LogP contribution < -0.4 is 5.73 Å². The summed E-state index contributed by atoms with van der Waals surface area (Å²) in [6.07, 6.45) is -1.09. The van der Waals surface area contributed by atoms with E-state index >= 15 is 0 Å². The largest absolute Gasteiger partial charge is 0.446 e. The molecule has 0 heterocycles. The van der Waals surface area contributed by atoms with Gasteiger partial charge in [0.25, 0.3) is 5.91 Å². The van der Waals surface area contributed by atoms with Crippen LogP contribution in [0.1, 0.15) is 18.6 Å². The monoisotopic (exact) mass is 349 g/mol. The number of benzene rings is 2. The van der Waals surface area contributed by atoms with E-state index in [1.54, 1.807) is 43.3 Å². The molecule has 0 aliphatic carbocycles. The lowest BCUT2D eigenvalue weighted by molar-refractivity contribution is -0.154. The van der Waals surface area contributed by atoms with E-state index in [-0.39, 0.29) is 0 Å². The molecule has 2 atom stereocenters. The lowest BCUT2D eigenvalue weighted by Crippen LogP contribution is -2.29. The van der Waals surface area contributed by atoms with Crippen LogP contribution in [-0.4, -0.2) is 17.1 Å². The fourth-order valence-corrected chi connectivity index (χ4v) is 2.87. The van der Waals surface area contributed by atoms with Crippen LogP contribution in [0.5, 0.6) is 0 Å². The number of nitrogens with two attached hydrogens (primary N) is 1. The van der Waals surface area contributed by atoms with Crippen molar-refractivity contribution in [3.05, 3.63) is 65.2 Å². The van der Waals surface area contributed by atoms with Crippen LogP contribution in [0, 0.1) is 0 Å². The first-order valence-corrected chi connectivity index (χ1v) is 8.20. The number of esters is 1. The number of rotatable bonds is 6. The van der Waals surface area contributed by atoms with Gasteiger partial charge in [0.15, 0.2) is 0 Å². The van der Waals surface area contributed by atoms with Gasteiger partial charge in [-0.3, -0.25) is 9.59 Å². The van der Waals surface area contributed by atoms with E-state index in [9.17, 15) is 9.59 Å². The quantitative estimate of drug-likeness (QED) is 0.639. The molecule has 6 heteroatoms. The molecule has 0 saturated carbocycles. The van der Waals surface area contributed by atoms with Crippen molar-refractivity contribution in [2.45, 2.75) is 23.2 Å². The summed E-state index contributed by atoms with van der Waals surface area (Å²) in [6, 6.07) is 15.8. The molecular weight excluding hydrogens is 334 g/mol. The summed E-state index contributed by atoms with van der Waals surface area (Å²) in [5, 5.41) is 0.143. The number of primary amides is 1. The van der Waals surface area contributed by atoms with Crippen molar-refractivity contribution in [1.82, 2.24) is 0 Å². The molecule has 0 aliphatic heterocycles. The molecule has 2 rings (SSSR count). The van der Waals surface area contributed by atoms with Crippen LogP contribution >= 0.6 is 23.4 Å². The van der Waals surface area contributed by atoms with Crippen molar-refractivity contribution >= 4 is 35.2 Å². The van der Waals surface area contributed by atoms with Gasteiger partial charge in [-0.25, -0.2) is 0 Å². The molecule has 2 aromatic carbocycles. The van der Waals surface area contributed by atoms with E-state index in [1.165, 1.54) is 11.8 Å². The predicted molar refractivity (Wildman–Crippen MR) is 91.2 cm³/mol. The average Bonchev–Trinajstić information content (AvgIpc) is 2.55. The standard InChI is InChI=1S/C17H16ClNO3S/c1-11(23-14-9-7-13(18)8-10-14)17(21)22-15(16(19)20)12-5-3-2-4-6-12/h2-11,15H,1H3,(H2,19,20)/t11-,15+/m1/s1. The first-order valence-electron chi connectivity index (χ1n) is 6.94. The number of hydrogen-bond donors (Lipinski definition) is 1. The maximum absolute atomic E-state index is 12.2. The summed E-state index contributed by atoms with van der Waals surface area (Å²) in [6.45, 7) is 1.71. The molecule has 23 heavy (non-hydrogen) atoms. The Hall–Kier alpha value is -1.98. The van der Waals surface area contributed by atoms with E-state index in [0.29, 0.717) is 10.6 Å². The highest BCUT2D eigenvalue weighted by Gasteiger charge is 2.25. The van der Waals surface area contributed by atoms with Crippen molar-refractivity contribution in [3.63, 3.8) is 0 Å². The van der Waals surface area contributed by atoms with Gasteiger partial charge < -0.3 is 10.5 Å². The number of halogens is 1. The van der Waals surface area contributed by atoms with Crippen LogP contribution in [0.3, 0.4) is 0 Å². The molecule has 1 amide bonds. The highest BCUT2D eigenvalue weighted by molar-refractivity contribution is 8.00. The van der Waals surface area contributed by atoms with Gasteiger partial charge in [0, 0.05) is 15.5 Å². The van der Waals surface area contributed by atoms with E-state index in [1.807, 2.05) is 18.2 Å². The van der Waals surface area contributed by atoms with Gasteiger partial charge in [0.1, 0.15) is 5.25 Å². The molecule has 2 N–H and O–H groups in total. The minimum absolute atomic E-state index is 0.485. The van der Waals surface area contributed by atoms with E-state index in [2.05, 4.69) is 0 Å². The third-order valence-corrected chi connectivity index (χ3v) is 4.40. The summed E-state index contributed by atoms with van der Waals surface area (Å²) >= 11 is 7.15. The SMILES string of the molecule is C[C@@H](Sc1ccc(Cl)cc1)C(=O)O[C@H](C(N)=O)c1ccccc1. The Bertz CT molecular complexity index is 676. The molecule has 4 nitrogen and oxygen atoms in total. The second-order valence-electron chi connectivity index (χ2n) is 4.84. The van der Waals surface area contributed by atoms with E-state index in [4.69, 9.17) is 22.1 Å². The molecule has 0 radical (unpaired) electrons. The van der Waals surface area contributed by atoms with Gasteiger partial charge in [0.05, 0.1) is 0 Å². The summed E-state index contributed by atoms with van der Waals surface area (Å²) in [5.41, 5.74) is 5.90. The average molecular weight is 350 g/mol. The molecular formula is C17H16ClNO3S. The number of amides is 1. The van der Waals surface area contributed by atoms with Crippen LogP contribution in [0.25, 0.3) is 0 Å². The van der Waals surface area contributed by atoms with Gasteiger partial charge in [-0.05, 0) is 31.2 Å². The summed E-state index contributed by atoms with van der Waals surface area (Å²) < 4.78 is 5.30. The molecule has 0 aromatic heterocycles. The fourth-order valence-electron chi connectivity index (χ4n) is 1.90. The minimum atomic E-state index is -1.09. The normalized spacial score (nSPS) is 13.1. The number of ether oxygens (including phenoxy) is 1. The number of carbonyl (C=O) groups is 2. The third-order valence-electron chi connectivity index (χ3n) is 3.05. The zero-order valence-corrected chi connectivity index (χ0v) is 14.0. The molecule has 0 aliphatic rings.